The number of para-hydroxylation sites is 1. The molecular weight excluding hydrogens is 459 g/mol. The lowest BCUT2D eigenvalue weighted by Crippen LogP contribution is -2.42. The summed E-state index contributed by atoms with van der Waals surface area (Å²) in [5, 5.41) is 24.5. The zero-order valence-electron chi connectivity index (χ0n) is 17.9. The second-order valence-corrected chi connectivity index (χ2v) is 8.10. The fourth-order valence-electron chi connectivity index (χ4n) is 4.09. The van der Waals surface area contributed by atoms with Crippen molar-refractivity contribution < 1.29 is 14.3 Å². The predicted octanol–water partition coefficient (Wildman–Crippen LogP) is 3.33. The number of primary amides is 1. The Labute approximate surface area is 198 Å². The molecule has 3 N–H and O–H groups in total. The molecule has 1 amide bonds. The van der Waals surface area contributed by atoms with Crippen molar-refractivity contribution in [3.05, 3.63) is 94.8 Å². The molecule has 2 heterocycles. The summed E-state index contributed by atoms with van der Waals surface area (Å²) < 4.78 is 17.3. The van der Waals surface area contributed by atoms with Gasteiger partial charge in [-0.2, -0.15) is 4.80 Å². The van der Waals surface area contributed by atoms with Crippen LogP contribution in [0.3, 0.4) is 0 Å². The van der Waals surface area contributed by atoms with E-state index in [-0.39, 0.29) is 17.0 Å². The van der Waals surface area contributed by atoms with E-state index in [1.165, 1.54) is 29.1 Å². The molecule has 170 valence electrons. The number of nitrogens with zero attached hydrogens (tertiary/aromatic N) is 5. The van der Waals surface area contributed by atoms with Crippen molar-refractivity contribution in [2.24, 2.45) is 12.8 Å². The molecule has 34 heavy (non-hydrogen) atoms. The van der Waals surface area contributed by atoms with Crippen LogP contribution in [0, 0.1) is 5.82 Å². The monoisotopic (exact) mass is 476 g/mol. The zero-order valence-corrected chi connectivity index (χ0v) is 18.6. The molecule has 10 heteroatoms. The number of benzene rings is 3. The van der Waals surface area contributed by atoms with Gasteiger partial charge in [-0.15, -0.1) is 10.2 Å². The first-order valence-electron chi connectivity index (χ1n) is 10.2. The Morgan fingerprint density at radius 2 is 1.79 bits per heavy atom. The van der Waals surface area contributed by atoms with E-state index in [0.717, 1.165) is 0 Å². The number of nitrogens with two attached hydrogens (primary N) is 1. The Hall–Kier alpha value is -4.08. The summed E-state index contributed by atoms with van der Waals surface area (Å²) >= 11 is 6.69. The van der Waals surface area contributed by atoms with Gasteiger partial charge in [0.05, 0.1) is 17.6 Å². The Morgan fingerprint density at radius 1 is 1.09 bits per heavy atom. The van der Waals surface area contributed by atoms with Gasteiger partial charge in [0.15, 0.2) is 5.60 Å². The lowest BCUT2D eigenvalue weighted by molar-refractivity contribution is -0.133. The number of halogens is 2. The third-order valence-corrected chi connectivity index (χ3v) is 6.06. The Morgan fingerprint density at radius 3 is 2.44 bits per heavy atom. The number of aliphatic hydroxyl groups is 1. The second-order valence-electron chi connectivity index (χ2n) is 7.72. The van der Waals surface area contributed by atoms with E-state index < -0.39 is 17.3 Å². The standard InChI is InChI=1S/C24H18ClFN6O2/c1-31-29-22(28-30-31)21-20(25)16-9-5-6-10-19(16)32(21)15-11-12-17(18(26)13-15)24(34,23(27)33)14-7-3-2-4-8-14/h2-13,34H,1H3,(H2,27,33). The van der Waals surface area contributed by atoms with Gasteiger partial charge in [0.1, 0.15) is 11.5 Å². The number of hydrogen-bond acceptors (Lipinski definition) is 5. The maximum absolute atomic E-state index is 15.6. The van der Waals surface area contributed by atoms with Crippen LogP contribution in [-0.4, -0.2) is 35.8 Å². The van der Waals surface area contributed by atoms with Crippen molar-refractivity contribution in [1.29, 1.82) is 0 Å². The van der Waals surface area contributed by atoms with Crippen molar-refractivity contribution in [3.63, 3.8) is 0 Å². The van der Waals surface area contributed by atoms with Gasteiger partial charge in [-0.3, -0.25) is 4.79 Å². The fraction of sp³-hybridized carbons (Fsp3) is 0.0833. The molecule has 8 nitrogen and oxygen atoms in total. The molecule has 0 bridgehead atoms. The van der Waals surface area contributed by atoms with Gasteiger partial charge in [-0.25, -0.2) is 4.39 Å². The van der Waals surface area contributed by atoms with E-state index in [1.54, 1.807) is 35.9 Å². The number of tetrazole rings is 1. The van der Waals surface area contributed by atoms with Gasteiger partial charge >= 0.3 is 0 Å². The molecule has 0 aliphatic carbocycles. The summed E-state index contributed by atoms with van der Waals surface area (Å²) in [6.07, 6.45) is 0. The van der Waals surface area contributed by atoms with E-state index in [9.17, 15) is 9.90 Å². The second kappa shape index (κ2) is 8.05. The third kappa shape index (κ3) is 3.25. The van der Waals surface area contributed by atoms with Crippen LogP contribution in [0.1, 0.15) is 11.1 Å². The van der Waals surface area contributed by atoms with E-state index in [4.69, 9.17) is 17.3 Å². The topological polar surface area (TPSA) is 112 Å². The summed E-state index contributed by atoms with van der Waals surface area (Å²) in [5.41, 5.74) is 4.57. The van der Waals surface area contributed by atoms with Gasteiger partial charge in [-0.05, 0) is 29.0 Å². The molecule has 0 saturated heterocycles. The number of hydrogen-bond donors (Lipinski definition) is 2. The normalized spacial score (nSPS) is 13.2. The van der Waals surface area contributed by atoms with Crippen molar-refractivity contribution >= 4 is 28.4 Å². The van der Waals surface area contributed by atoms with Crippen LogP contribution in [0.4, 0.5) is 4.39 Å². The summed E-state index contributed by atoms with van der Waals surface area (Å²) in [4.78, 5) is 13.6. The largest absolute Gasteiger partial charge is 0.372 e. The summed E-state index contributed by atoms with van der Waals surface area (Å²) in [6.45, 7) is 0. The highest BCUT2D eigenvalue weighted by Crippen LogP contribution is 2.39. The number of fused-ring (bicyclic) bond motifs is 1. The van der Waals surface area contributed by atoms with Crippen molar-refractivity contribution in [2.45, 2.75) is 5.60 Å². The van der Waals surface area contributed by atoms with Crippen LogP contribution >= 0.6 is 11.6 Å². The Balaban J connectivity index is 1.74. The Bertz CT molecular complexity index is 1550. The molecule has 0 radical (unpaired) electrons. The van der Waals surface area contributed by atoms with Gasteiger partial charge < -0.3 is 15.4 Å². The highest BCUT2D eigenvalue weighted by Gasteiger charge is 2.40. The maximum atomic E-state index is 15.6. The third-order valence-electron chi connectivity index (χ3n) is 5.68. The SMILES string of the molecule is Cn1nnc(-c2c(Cl)c3ccccc3n2-c2ccc(C(O)(C(N)=O)c3ccccc3)c(F)c2)n1. The van der Waals surface area contributed by atoms with Crippen LogP contribution < -0.4 is 5.73 Å². The summed E-state index contributed by atoms with van der Waals surface area (Å²) in [6, 6.07) is 19.4. The van der Waals surface area contributed by atoms with Crippen molar-refractivity contribution in [2.75, 3.05) is 0 Å². The molecule has 0 aliphatic heterocycles. The number of carbonyl (C=O) groups excluding carboxylic acids is 1. The molecule has 0 saturated carbocycles. The predicted molar refractivity (Wildman–Crippen MR) is 125 cm³/mol. The minimum absolute atomic E-state index is 0.160. The molecule has 5 rings (SSSR count). The highest BCUT2D eigenvalue weighted by molar-refractivity contribution is 6.38. The van der Waals surface area contributed by atoms with Crippen LogP contribution in [0.15, 0.2) is 72.8 Å². The van der Waals surface area contributed by atoms with Crippen LogP contribution in [0.2, 0.25) is 5.02 Å². The first-order valence-corrected chi connectivity index (χ1v) is 10.6. The number of carbonyl (C=O) groups is 1. The average Bonchev–Trinajstić information content (AvgIpc) is 3.39. The number of rotatable bonds is 5. The quantitative estimate of drug-likeness (QED) is 0.404. The molecule has 3 aromatic carbocycles. The summed E-state index contributed by atoms with van der Waals surface area (Å²) in [5.74, 6) is -1.66. The van der Waals surface area contributed by atoms with Gasteiger partial charge in [-0.1, -0.05) is 66.2 Å². The highest BCUT2D eigenvalue weighted by atomic mass is 35.5. The lowest BCUT2D eigenvalue weighted by atomic mass is 9.85. The molecular formula is C24H18ClFN6O2. The molecule has 5 aromatic rings. The lowest BCUT2D eigenvalue weighted by Gasteiger charge is -2.26. The molecule has 0 aliphatic rings. The van der Waals surface area contributed by atoms with E-state index in [1.807, 2.05) is 24.3 Å². The van der Waals surface area contributed by atoms with Crippen LogP contribution in [-0.2, 0) is 17.4 Å². The van der Waals surface area contributed by atoms with Gasteiger partial charge in [0, 0.05) is 16.6 Å². The van der Waals surface area contributed by atoms with Crippen LogP contribution in [0.5, 0.6) is 0 Å². The van der Waals surface area contributed by atoms with E-state index >= 15 is 4.39 Å². The molecule has 0 fully saturated rings. The minimum Gasteiger partial charge on any atom is -0.372 e. The maximum Gasteiger partial charge on any atom is 0.258 e. The minimum atomic E-state index is -2.35. The zero-order chi connectivity index (χ0) is 24.0. The number of amides is 1. The van der Waals surface area contributed by atoms with Crippen LogP contribution in [0.25, 0.3) is 28.1 Å². The molecule has 2 aromatic heterocycles. The molecule has 1 atom stereocenters. The smallest absolute Gasteiger partial charge is 0.258 e. The first kappa shape index (κ1) is 21.7. The van der Waals surface area contributed by atoms with Crippen molar-refractivity contribution in [1.82, 2.24) is 24.8 Å². The Kier molecular flexibility index (Phi) is 5.15. The number of aromatic nitrogens is 5. The molecule has 0 spiro atoms. The van der Waals surface area contributed by atoms with E-state index in [0.29, 0.717) is 27.3 Å². The van der Waals surface area contributed by atoms with Gasteiger partial charge in [0.2, 0.25) is 5.82 Å². The fourth-order valence-corrected chi connectivity index (χ4v) is 4.42. The summed E-state index contributed by atoms with van der Waals surface area (Å²) in [7, 11) is 1.63. The molecule has 1 unspecified atom stereocenters. The van der Waals surface area contributed by atoms with E-state index in [2.05, 4.69) is 15.4 Å². The van der Waals surface area contributed by atoms with Gasteiger partial charge in [0.25, 0.3) is 5.91 Å². The number of aryl methyl sites for hydroxylation is 1. The van der Waals surface area contributed by atoms with Crippen molar-refractivity contribution in [3.8, 4) is 17.2 Å². The first-order chi connectivity index (χ1) is 16.3. The average molecular weight is 477 g/mol.